The van der Waals surface area contributed by atoms with Gasteiger partial charge in [0.25, 0.3) is 5.91 Å². The standard InChI is InChI=1S/C21H24N2O4/c1-2-3-9-20(24)22-16-10-11-18-19(14-16)27-15-21(25)23(18)12-13-26-17-7-5-4-6-8-17/h4-8,10-11,14H,2-3,9,12-13,15H2,1H3,(H,22,24). The molecule has 6 heteroatoms. The Labute approximate surface area is 159 Å². The van der Waals surface area contributed by atoms with Crippen LogP contribution < -0.4 is 19.7 Å². The number of carbonyl (C=O) groups excluding carboxylic acids is 2. The normalized spacial score (nSPS) is 12.9. The molecule has 0 bridgehead atoms. The van der Waals surface area contributed by atoms with Gasteiger partial charge in [-0.2, -0.15) is 0 Å². The number of amides is 2. The van der Waals surface area contributed by atoms with E-state index in [0.29, 0.717) is 36.7 Å². The maximum atomic E-state index is 12.3. The van der Waals surface area contributed by atoms with Gasteiger partial charge in [0.2, 0.25) is 5.91 Å². The van der Waals surface area contributed by atoms with Crippen molar-refractivity contribution in [3.8, 4) is 11.5 Å². The number of fused-ring (bicyclic) bond motifs is 1. The highest BCUT2D eigenvalue weighted by Gasteiger charge is 2.25. The zero-order valence-electron chi connectivity index (χ0n) is 15.4. The summed E-state index contributed by atoms with van der Waals surface area (Å²) in [7, 11) is 0. The van der Waals surface area contributed by atoms with Gasteiger partial charge in [-0.25, -0.2) is 0 Å². The largest absolute Gasteiger partial charge is 0.492 e. The highest BCUT2D eigenvalue weighted by Crippen LogP contribution is 2.34. The molecule has 2 aromatic carbocycles. The molecule has 2 amide bonds. The summed E-state index contributed by atoms with van der Waals surface area (Å²) in [4.78, 5) is 25.8. The van der Waals surface area contributed by atoms with Crippen LogP contribution in [0.1, 0.15) is 26.2 Å². The van der Waals surface area contributed by atoms with Crippen molar-refractivity contribution in [1.82, 2.24) is 0 Å². The number of hydrogen-bond acceptors (Lipinski definition) is 4. The van der Waals surface area contributed by atoms with E-state index in [-0.39, 0.29) is 18.4 Å². The Morgan fingerprint density at radius 3 is 2.81 bits per heavy atom. The third-order valence-electron chi connectivity index (χ3n) is 4.27. The van der Waals surface area contributed by atoms with Gasteiger partial charge in [0.05, 0.1) is 12.2 Å². The number of hydrogen-bond donors (Lipinski definition) is 1. The topological polar surface area (TPSA) is 67.9 Å². The van der Waals surface area contributed by atoms with Crippen LogP contribution in [0, 0.1) is 0 Å². The van der Waals surface area contributed by atoms with E-state index in [1.807, 2.05) is 37.3 Å². The first-order chi connectivity index (χ1) is 13.2. The van der Waals surface area contributed by atoms with Gasteiger partial charge < -0.3 is 19.7 Å². The van der Waals surface area contributed by atoms with Crippen LogP contribution in [-0.2, 0) is 9.59 Å². The van der Waals surface area contributed by atoms with Crippen molar-refractivity contribution in [2.24, 2.45) is 0 Å². The molecule has 0 saturated carbocycles. The van der Waals surface area contributed by atoms with Crippen LogP contribution in [0.25, 0.3) is 0 Å². The van der Waals surface area contributed by atoms with Gasteiger partial charge >= 0.3 is 0 Å². The first-order valence-corrected chi connectivity index (χ1v) is 9.22. The Bertz CT molecular complexity index is 792. The molecule has 1 aliphatic heterocycles. The van der Waals surface area contributed by atoms with Gasteiger partial charge in [-0.1, -0.05) is 31.5 Å². The number of rotatable bonds is 8. The fourth-order valence-corrected chi connectivity index (χ4v) is 2.86. The summed E-state index contributed by atoms with van der Waals surface area (Å²) in [5, 5.41) is 2.87. The van der Waals surface area contributed by atoms with Crippen molar-refractivity contribution >= 4 is 23.2 Å². The Hall–Kier alpha value is -3.02. The summed E-state index contributed by atoms with van der Waals surface area (Å²) < 4.78 is 11.2. The van der Waals surface area contributed by atoms with Crippen LogP contribution >= 0.6 is 0 Å². The molecule has 2 aromatic rings. The first-order valence-electron chi connectivity index (χ1n) is 9.22. The Balaban J connectivity index is 1.64. The molecule has 27 heavy (non-hydrogen) atoms. The lowest BCUT2D eigenvalue weighted by molar-refractivity contribution is -0.121. The fraction of sp³-hybridized carbons (Fsp3) is 0.333. The van der Waals surface area contributed by atoms with Crippen molar-refractivity contribution in [2.45, 2.75) is 26.2 Å². The number of nitrogens with one attached hydrogen (secondary N) is 1. The van der Waals surface area contributed by atoms with Crippen LogP contribution in [0.4, 0.5) is 11.4 Å². The van der Waals surface area contributed by atoms with Gasteiger partial charge in [-0.15, -0.1) is 0 Å². The second-order valence-corrected chi connectivity index (χ2v) is 6.33. The summed E-state index contributed by atoms with van der Waals surface area (Å²) in [5.74, 6) is 1.22. The van der Waals surface area contributed by atoms with Crippen molar-refractivity contribution in [1.29, 1.82) is 0 Å². The smallest absolute Gasteiger partial charge is 0.265 e. The molecule has 0 atom stereocenters. The van der Waals surface area contributed by atoms with E-state index in [4.69, 9.17) is 9.47 Å². The molecule has 142 valence electrons. The molecule has 0 radical (unpaired) electrons. The monoisotopic (exact) mass is 368 g/mol. The minimum absolute atomic E-state index is 0.0168. The first kappa shape index (κ1) is 18.8. The minimum atomic E-state index is -0.112. The highest BCUT2D eigenvalue weighted by molar-refractivity contribution is 5.99. The average molecular weight is 368 g/mol. The van der Waals surface area contributed by atoms with Gasteiger partial charge in [-0.05, 0) is 30.7 Å². The molecule has 6 nitrogen and oxygen atoms in total. The molecule has 1 aliphatic rings. The Morgan fingerprint density at radius 1 is 1.22 bits per heavy atom. The van der Waals surface area contributed by atoms with Gasteiger partial charge in [0, 0.05) is 18.2 Å². The second-order valence-electron chi connectivity index (χ2n) is 6.33. The van der Waals surface area contributed by atoms with E-state index in [9.17, 15) is 9.59 Å². The van der Waals surface area contributed by atoms with E-state index in [2.05, 4.69) is 5.32 Å². The molecular formula is C21H24N2O4. The van der Waals surface area contributed by atoms with Crippen LogP contribution in [0.2, 0.25) is 0 Å². The zero-order chi connectivity index (χ0) is 19.1. The Kier molecular flexibility index (Phi) is 6.30. The third kappa shape index (κ3) is 5.00. The van der Waals surface area contributed by atoms with Crippen LogP contribution in [-0.4, -0.2) is 31.6 Å². The lowest BCUT2D eigenvalue weighted by Gasteiger charge is -2.29. The van der Waals surface area contributed by atoms with E-state index < -0.39 is 0 Å². The predicted molar refractivity (Wildman–Crippen MR) is 104 cm³/mol. The summed E-state index contributed by atoms with van der Waals surface area (Å²) >= 11 is 0. The summed E-state index contributed by atoms with van der Waals surface area (Å²) in [6, 6.07) is 14.8. The van der Waals surface area contributed by atoms with Crippen LogP contribution in [0.15, 0.2) is 48.5 Å². The maximum absolute atomic E-state index is 12.3. The predicted octanol–water partition coefficient (Wildman–Crippen LogP) is 3.62. The van der Waals surface area contributed by atoms with Gasteiger partial charge in [0.15, 0.2) is 6.61 Å². The molecule has 1 heterocycles. The van der Waals surface area contributed by atoms with E-state index >= 15 is 0 Å². The minimum Gasteiger partial charge on any atom is -0.492 e. The fourth-order valence-electron chi connectivity index (χ4n) is 2.86. The lowest BCUT2D eigenvalue weighted by Crippen LogP contribution is -2.41. The number of carbonyl (C=O) groups is 2. The van der Waals surface area contributed by atoms with E-state index in [1.165, 1.54) is 0 Å². The summed E-state index contributed by atoms with van der Waals surface area (Å²) in [6.07, 6.45) is 2.33. The van der Waals surface area contributed by atoms with Crippen LogP contribution in [0.5, 0.6) is 11.5 Å². The van der Waals surface area contributed by atoms with Crippen molar-refractivity contribution in [2.75, 3.05) is 30.0 Å². The number of benzene rings is 2. The quantitative estimate of drug-likeness (QED) is 0.773. The summed E-state index contributed by atoms with van der Waals surface area (Å²) in [6.45, 7) is 2.83. The molecule has 1 N–H and O–H groups in total. The Morgan fingerprint density at radius 2 is 2.04 bits per heavy atom. The van der Waals surface area contributed by atoms with Crippen molar-refractivity contribution in [3.63, 3.8) is 0 Å². The number of ether oxygens (including phenoxy) is 2. The lowest BCUT2D eigenvalue weighted by atomic mass is 10.2. The van der Waals surface area contributed by atoms with Crippen molar-refractivity contribution in [3.05, 3.63) is 48.5 Å². The summed E-state index contributed by atoms with van der Waals surface area (Å²) in [5.41, 5.74) is 1.36. The van der Waals surface area contributed by atoms with Crippen molar-refractivity contribution < 1.29 is 19.1 Å². The number of anilines is 2. The maximum Gasteiger partial charge on any atom is 0.265 e. The highest BCUT2D eigenvalue weighted by atomic mass is 16.5. The molecule has 0 fully saturated rings. The number of nitrogens with zero attached hydrogens (tertiary/aromatic N) is 1. The van der Waals surface area contributed by atoms with E-state index in [1.54, 1.807) is 23.1 Å². The molecule has 0 aliphatic carbocycles. The number of unbranched alkanes of at least 4 members (excludes halogenated alkanes) is 1. The molecule has 0 saturated heterocycles. The van der Waals surface area contributed by atoms with Gasteiger partial charge in [-0.3, -0.25) is 9.59 Å². The SMILES string of the molecule is CCCCC(=O)Nc1ccc2c(c1)OCC(=O)N2CCOc1ccccc1. The molecule has 3 rings (SSSR count). The number of para-hydroxylation sites is 1. The average Bonchev–Trinajstić information content (AvgIpc) is 2.69. The zero-order valence-corrected chi connectivity index (χ0v) is 15.4. The molecule has 0 aromatic heterocycles. The molecular weight excluding hydrogens is 344 g/mol. The second kappa shape index (κ2) is 9.07. The van der Waals surface area contributed by atoms with E-state index in [0.717, 1.165) is 18.6 Å². The van der Waals surface area contributed by atoms with Crippen LogP contribution in [0.3, 0.4) is 0 Å². The molecule has 0 unspecified atom stereocenters. The third-order valence-corrected chi connectivity index (χ3v) is 4.27. The van der Waals surface area contributed by atoms with Gasteiger partial charge in [0.1, 0.15) is 18.1 Å². The molecule has 0 spiro atoms.